The highest BCUT2D eigenvalue weighted by molar-refractivity contribution is 5.56. The van der Waals surface area contributed by atoms with E-state index in [2.05, 4.69) is 37.4 Å². The minimum absolute atomic E-state index is 0.698. The summed E-state index contributed by atoms with van der Waals surface area (Å²) in [4.78, 5) is 0. The number of aryl methyl sites for hydroxylation is 1. The third-order valence-electron chi connectivity index (χ3n) is 4.05. The molecule has 19 heavy (non-hydrogen) atoms. The first-order valence-electron chi connectivity index (χ1n) is 7.83. The molecular weight excluding hydrogens is 234 g/mol. The van der Waals surface area contributed by atoms with E-state index in [9.17, 15) is 0 Å². The molecule has 2 heteroatoms. The minimum atomic E-state index is 0.698. The Balaban J connectivity index is 1.88. The van der Waals surface area contributed by atoms with Gasteiger partial charge in [-0.1, -0.05) is 39.2 Å². The molecule has 0 amide bonds. The monoisotopic (exact) mass is 261 g/mol. The van der Waals surface area contributed by atoms with Crippen molar-refractivity contribution in [3.05, 3.63) is 23.8 Å². The highest BCUT2D eigenvalue weighted by Gasteiger charge is 2.11. The maximum atomic E-state index is 5.98. The van der Waals surface area contributed by atoms with Gasteiger partial charge in [-0.2, -0.15) is 0 Å². The summed E-state index contributed by atoms with van der Waals surface area (Å²) in [5, 5.41) is 3.46. The summed E-state index contributed by atoms with van der Waals surface area (Å²) in [6, 6.07) is 6.50. The second kappa shape index (κ2) is 7.42. The molecule has 0 saturated heterocycles. The Morgan fingerprint density at radius 2 is 2.21 bits per heavy atom. The van der Waals surface area contributed by atoms with Crippen molar-refractivity contribution in [2.45, 2.75) is 52.4 Å². The van der Waals surface area contributed by atoms with Gasteiger partial charge in [0.15, 0.2) is 0 Å². The average Bonchev–Trinajstić information content (AvgIpc) is 2.47. The maximum Gasteiger partial charge on any atom is 0.121 e. The first-order valence-corrected chi connectivity index (χ1v) is 7.83. The predicted octanol–water partition coefficient (Wildman–Crippen LogP) is 4.64. The van der Waals surface area contributed by atoms with Crippen molar-refractivity contribution in [1.29, 1.82) is 0 Å². The van der Waals surface area contributed by atoms with Crippen molar-refractivity contribution in [2.75, 3.05) is 18.5 Å². The van der Waals surface area contributed by atoms with Gasteiger partial charge in [-0.25, -0.2) is 0 Å². The van der Waals surface area contributed by atoms with Crippen LogP contribution in [-0.2, 0) is 6.42 Å². The van der Waals surface area contributed by atoms with E-state index in [4.69, 9.17) is 4.74 Å². The smallest absolute Gasteiger partial charge is 0.121 e. The van der Waals surface area contributed by atoms with E-state index in [1.807, 2.05) is 0 Å². The van der Waals surface area contributed by atoms with Crippen LogP contribution >= 0.6 is 0 Å². The number of ether oxygens (including phenoxy) is 1. The molecule has 0 aromatic heterocycles. The lowest BCUT2D eigenvalue weighted by atomic mass is 10.0. The second-order valence-electron chi connectivity index (χ2n) is 5.58. The van der Waals surface area contributed by atoms with Gasteiger partial charge in [-0.05, 0) is 36.8 Å². The highest BCUT2D eigenvalue weighted by Crippen LogP contribution is 2.27. The van der Waals surface area contributed by atoms with Gasteiger partial charge >= 0.3 is 0 Å². The largest absolute Gasteiger partial charge is 0.493 e. The minimum Gasteiger partial charge on any atom is -0.493 e. The van der Waals surface area contributed by atoms with Crippen LogP contribution in [-0.4, -0.2) is 13.2 Å². The van der Waals surface area contributed by atoms with Crippen molar-refractivity contribution < 1.29 is 4.74 Å². The van der Waals surface area contributed by atoms with Gasteiger partial charge in [0.05, 0.1) is 6.61 Å². The number of benzene rings is 1. The van der Waals surface area contributed by atoms with Crippen LogP contribution in [0.4, 0.5) is 5.69 Å². The molecule has 106 valence electrons. The molecule has 0 saturated carbocycles. The Morgan fingerprint density at radius 1 is 1.32 bits per heavy atom. The number of nitrogens with one attached hydrogen (secondary N) is 1. The van der Waals surface area contributed by atoms with Crippen LogP contribution in [0.15, 0.2) is 18.2 Å². The first-order chi connectivity index (χ1) is 9.33. The molecule has 1 heterocycles. The number of fused-ring (bicyclic) bond motifs is 1. The summed E-state index contributed by atoms with van der Waals surface area (Å²) >= 11 is 0. The van der Waals surface area contributed by atoms with Gasteiger partial charge in [0.25, 0.3) is 0 Å². The number of hydrogen-bond donors (Lipinski definition) is 1. The molecule has 1 atom stereocenters. The highest BCUT2D eigenvalue weighted by atomic mass is 16.5. The third-order valence-corrected chi connectivity index (χ3v) is 4.05. The molecule has 0 bridgehead atoms. The number of unbranched alkanes of at least 4 members (excludes halogenated alkanes) is 1. The van der Waals surface area contributed by atoms with E-state index in [0.29, 0.717) is 5.92 Å². The van der Waals surface area contributed by atoms with Gasteiger partial charge < -0.3 is 10.1 Å². The van der Waals surface area contributed by atoms with Crippen molar-refractivity contribution >= 4 is 5.69 Å². The van der Waals surface area contributed by atoms with Gasteiger partial charge in [-0.15, -0.1) is 0 Å². The van der Waals surface area contributed by atoms with E-state index in [1.54, 1.807) is 0 Å². The summed E-state index contributed by atoms with van der Waals surface area (Å²) in [5.74, 6) is 1.71. The normalized spacial score (nSPS) is 15.5. The van der Waals surface area contributed by atoms with Crippen LogP contribution in [0.5, 0.6) is 5.75 Å². The number of rotatable bonds is 7. The third kappa shape index (κ3) is 4.15. The van der Waals surface area contributed by atoms with E-state index >= 15 is 0 Å². The topological polar surface area (TPSA) is 21.3 Å². The first kappa shape index (κ1) is 14.2. The van der Waals surface area contributed by atoms with E-state index < -0.39 is 0 Å². The number of anilines is 1. The van der Waals surface area contributed by atoms with Gasteiger partial charge in [0.1, 0.15) is 5.75 Å². The lowest BCUT2D eigenvalue weighted by molar-refractivity contribution is 0.233. The van der Waals surface area contributed by atoms with Crippen molar-refractivity contribution in [3.63, 3.8) is 0 Å². The maximum absolute atomic E-state index is 5.98. The second-order valence-corrected chi connectivity index (χ2v) is 5.58. The van der Waals surface area contributed by atoms with Crippen molar-refractivity contribution in [3.8, 4) is 5.75 Å². The summed E-state index contributed by atoms with van der Waals surface area (Å²) in [5.41, 5.74) is 2.70. The molecular formula is C17H27NO. The SMILES string of the molecule is CCCCC(CC)COc1ccc2c(c1)NCCC2. The van der Waals surface area contributed by atoms with Crippen molar-refractivity contribution in [1.82, 2.24) is 0 Å². The zero-order valence-corrected chi connectivity index (χ0v) is 12.4. The van der Waals surface area contributed by atoms with E-state index in [-0.39, 0.29) is 0 Å². The van der Waals surface area contributed by atoms with Crippen LogP contribution < -0.4 is 10.1 Å². The lowest BCUT2D eigenvalue weighted by Crippen LogP contribution is -2.13. The van der Waals surface area contributed by atoms with Crippen molar-refractivity contribution in [2.24, 2.45) is 5.92 Å². The zero-order chi connectivity index (χ0) is 13.5. The predicted molar refractivity (Wildman–Crippen MR) is 82.1 cm³/mol. The molecule has 2 rings (SSSR count). The summed E-state index contributed by atoms with van der Waals surface area (Å²) in [6.07, 6.45) is 7.52. The number of hydrogen-bond acceptors (Lipinski definition) is 2. The Hall–Kier alpha value is -1.18. The molecule has 2 nitrogen and oxygen atoms in total. The molecule has 0 aliphatic carbocycles. The summed E-state index contributed by atoms with van der Waals surface area (Å²) in [7, 11) is 0. The quantitative estimate of drug-likeness (QED) is 0.772. The fourth-order valence-corrected chi connectivity index (χ4v) is 2.64. The van der Waals surface area contributed by atoms with Gasteiger partial charge in [0.2, 0.25) is 0 Å². The zero-order valence-electron chi connectivity index (χ0n) is 12.4. The fraction of sp³-hybridized carbons (Fsp3) is 0.647. The Bertz CT molecular complexity index is 389. The molecule has 1 aromatic carbocycles. The van der Waals surface area contributed by atoms with Crippen LogP contribution in [0.25, 0.3) is 0 Å². The van der Waals surface area contributed by atoms with E-state index in [1.165, 1.54) is 49.8 Å². The van der Waals surface area contributed by atoms with Gasteiger partial charge in [0, 0.05) is 18.3 Å². The molecule has 1 aliphatic rings. The Kier molecular flexibility index (Phi) is 5.56. The van der Waals surface area contributed by atoms with Crippen LogP contribution in [0.2, 0.25) is 0 Å². The molecule has 1 N–H and O–H groups in total. The fourth-order valence-electron chi connectivity index (χ4n) is 2.64. The van der Waals surface area contributed by atoms with Gasteiger partial charge in [-0.3, -0.25) is 0 Å². The van der Waals surface area contributed by atoms with Crippen LogP contribution in [0.1, 0.15) is 51.5 Å². The standard InChI is InChI=1S/C17H27NO/c1-3-5-7-14(4-2)13-19-16-10-9-15-8-6-11-18-17(15)12-16/h9-10,12,14,18H,3-8,11,13H2,1-2H3. The molecule has 0 radical (unpaired) electrons. The Morgan fingerprint density at radius 3 is 3.00 bits per heavy atom. The molecule has 1 aliphatic heterocycles. The van der Waals surface area contributed by atoms with Crippen LogP contribution in [0, 0.1) is 5.92 Å². The molecule has 1 unspecified atom stereocenters. The summed E-state index contributed by atoms with van der Waals surface area (Å²) in [6.45, 7) is 6.46. The Labute approximate surface area is 117 Å². The molecule has 1 aromatic rings. The summed E-state index contributed by atoms with van der Waals surface area (Å²) < 4.78 is 5.98. The molecule has 0 fully saturated rings. The van der Waals surface area contributed by atoms with Crippen LogP contribution in [0.3, 0.4) is 0 Å². The average molecular weight is 261 g/mol. The molecule has 0 spiro atoms. The lowest BCUT2D eigenvalue weighted by Gasteiger charge is -2.20. The van der Waals surface area contributed by atoms with E-state index in [0.717, 1.165) is 18.9 Å².